The standard InChI is InChI=1S/C8H11BO3.2H2/c1-2-12-8-5-3-7(4-6-8)9(10)11;;/h3-6,10-11H,2H2,1H3;2*1H. The first-order chi connectivity index (χ1) is 5.74. The van der Waals surface area contributed by atoms with E-state index in [0.29, 0.717) is 12.1 Å². The van der Waals surface area contributed by atoms with E-state index in [-0.39, 0.29) is 2.85 Å². The molecule has 0 aliphatic rings. The van der Waals surface area contributed by atoms with E-state index in [1.54, 1.807) is 24.3 Å². The van der Waals surface area contributed by atoms with Crippen molar-refractivity contribution >= 4 is 12.6 Å². The predicted molar refractivity (Wildman–Crippen MR) is 51.7 cm³/mol. The molecular weight excluding hydrogens is 155 g/mol. The molecule has 2 N–H and O–H groups in total. The molecule has 0 saturated heterocycles. The molecule has 1 aromatic rings. The average molecular weight is 170 g/mol. The maximum atomic E-state index is 8.76. The van der Waals surface area contributed by atoms with Crippen LogP contribution in [0.5, 0.6) is 5.75 Å². The maximum absolute atomic E-state index is 8.76. The summed E-state index contributed by atoms with van der Waals surface area (Å²) in [4.78, 5) is 0. The Morgan fingerprint density at radius 3 is 2.33 bits per heavy atom. The number of hydrogen-bond acceptors (Lipinski definition) is 3. The van der Waals surface area contributed by atoms with Crippen LogP contribution < -0.4 is 10.2 Å². The molecule has 3 nitrogen and oxygen atoms in total. The second kappa shape index (κ2) is 4.14. The summed E-state index contributed by atoms with van der Waals surface area (Å²) in [6.45, 7) is 2.51. The lowest BCUT2D eigenvalue weighted by molar-refractivity contribution is 0.340. The normalized spacial score (nSPS) is 9.58. The molecule has 12 heavy (non-hydrogen) atoms. The SMILES string of the molecule is CCOc1ccc(B(O)O)cc1.[HH].[HH]. The fraction of sp³-hybridized carbons (Fsp3) is 0.250. The van der Waals surface area contributed by atoms with Gasteiger partial charge in [-0.15, -0.1) is 0 Å². The zero-order valence-electron chi connectivity index (χ0n) is 6.90. The second-order valence-corrected chi connectivity index (χ2v) is 2.38. The number of hydrogen-bond donors (Lipinski definition) is 2. The Balaban J connectivity index is 0. The van der Waals surface area contributed by atoms with Crippen LogP contribution in [-0.4, -0.2) is 23.8 Å². The van der Waals surface area contributed by atoms with Crippen LogP contribution in [0.4, 0.5) is 0 Å². The summed E-state index contributed by atoms with van der Waals surface area (Å²) >= 11 is 0. The molecule has 0 amide bonds. The van der Waals surface area contributed by atoms with Gasteiger partial charge in [-0.25, -0.2) is 0 Å². The van der Waals surface area contributed by atoms with Crippen molar-refractivity contribution in [3.05, 3.63) is 24.3 Å². The van der Waals surface area contributed by atoms with Crippen LogP contribution >= 0.6 is 0 Å². The molecule has 0 aromatic heterocycles. The van der Waals surface area contributed by atoms with E-state index in [4.69, 9.17) is 14.8 Å². The largest absolute Gasteiger partial charge is 0.494 e. The molecule has 0 bridgehead atoms. The predicted octanol–water partition coefficient (Wildman–Crippen LogP) is 0.257. The third-order valence-electron chi connectivity index (χ3n) is 1.49. The van der Waals surface area contributed by atoms with Gasteiger partial charge in [0, 0.05) is 2.85 Å². The maximum Gasteiger partial charge on any atom is 0.488 e. The lowest BCUT2D eigenvalue weighted by atomic mass is 9.80. The summed E-state index contributed by atoms with van der Waals surface area (Å²) in [5, 5.41) is 17.5. The summed E-state index contributed by atoms with van der Waals surface area (Å²) in [7, 11) is -1.40. The zero-order chi connectivity index (χ0) is 8.97. The third kappa shape index (κ3) is 2.25. The molecule has 0 heterocycles. The van der Waals surface area contributed by atoms with Crippen LogP contribution in [0.1, 0.15) is 9.78 Å². The van der Waals surface area contributed by atoms with Crippen molar-refractivity contribution in [3.63, 3.8) is 0 Å². The molecule has 0 spiro atoms. The van der Waals surface area contributed by atoms with E-state index in [1.165, 1.54) is 0 Å². The Kier molecular flexibility index (Phi) is 3.14. The van der Waals surface area contributed by atoms with Gasteiger partial charge in [-0.3, -0.25) is 0 Å². The van der Waals surface area contributed by atoms with Gasteiger partial charge in [0.1, 0.15) is 5.75 Å². The lowest BCUT2D eigenvalue weighted by Gasteiger charge is -2.03. The van der Waals surface area contributed by atoms with Gasteiger partial charge >= 0.3 is 7.12 Å². The Morgan fingerprint density at radius 2 is 1.92 bits per heavy atom. The molecule has 4 heteroatoms. The molecule has 0 saturated carbocycles. The molecule has 0 aliphatic heterocycles. The first-order valence-electron chi connectivity index (χ1n) is 3.83. The van der Waals surface area contributed by atoms with Gasteiger partial charge in [-0.1, -0.05) is 12.1 Å². The monoisotopic (exact) mass is 170 g/mol. The zero-order valence-corrected chi connectivity index (χ0v) is 6.90. The van der Waals surface area contributed by atoms with Crippen molar-refractivity contribution in [2.45, 2.75) is 6.92 Å². The fourth-order valence-electron chi connectivity index (χ4n) is 0.903. The van der Waals surface area contributed by atoms with Crippen LogP contribution in [0.15, 0.2) is 24.3 Å². The Hall–Kier alpha value is -0.995. The molecular formula is C8H15BO3. The smallest absolute Gasteiger partial charge is 0.488 e. The third-order valence-corrected chi connectivity index (χ3v) is 1.49. The van der Waals surface area contributed by atoms with E-state index >= 15 is 0 Å². The van der Waals surface area contributed by atoms with Crippen LogP contribution in [-0.2, 0) is 0 Å². The van der Waals surface area contributed by atoms with Crippen LogP contribution in [0.3, 0.4) is 0 Å². The highest BCUT2D eigenvalue weighted by atomic mass is 16.5. The Bertz CT molecular complexity index is 241. The van der Waals surface area contributed by atoms with Crippen molar-refractivity contribution in [1.29, 1.82) is 0 Å². The van der Waals surface area contributed by atoms with Crippen molar-refractivity contribution in [3.8, 4) is 5.75 Å². The van der Waals surface area contributed by atoms with Gasteiger partial charge in [-0.2, -0.15) is 0 Å². The number of rotatable bonds is 3. The fourth-order valence-corrected chi connectivity index (χ4v) is 0.903. The van der Waals surface area contributed by atoms with Crippen molar-refractivity contribution in [1.82, 2.24) is 0 Å². The minimum atomic E-state index is -1.40. The van der Waals surface area contributed by atoms with E-state index in [1.807, 2.05) is 6.92 Å². The summed E-state index contributed by atoms with van der Waals surface area (Å²) in [5.74, 6) is 0.738. The van der Waals surface area contributed by atoms with Gasteiger partial charge in [0.25, 0.3) is 0 Å². The number of benzene rings is 1. The first kappa shape index (κ1) is 9.10. The van der Waals surface area contributed by atoms with Crippen LogP contribution in [0.2, 0.25) is 0 Å². The van der Waals surface area contributed by atoms with E-state index < -0.39 is 7.12 Å². The summed E-state index contributed by atoms with van der Waals surface area (Å²) < 4.78 is 5.18. The Labute approximate surface area is 74.7 Å². The Morgan fingerprint density at radius 1 is 1.33 bits per heavy atom. The van der Waals surface area contributed by atoms with Crippen LogP contribution in [0, 0.1) is 0 Å². The summed E-state index contributed by atoms with van der Waals surface area (Å²) in [5.41, 5.74) is 0.471. The second-order valence-electron chi connectivity index (χ2n) is 2.38. The molecule has 0 aliphatic carbocycles. The topological polar surface area (TPSA) is 49.7 Å². The summed E-state index contributed by atoms with van der Waals surface area (Å²) in [6, 6.07) is 6.65. The molecule has 0 unspecified atom stereocenters. The molecule has 0 radical (unpaired) electrons. The van der Waals surface area contributed by atoms with Gasteiger partial charge in [0.15, 0.2) is 0 Å². The lowest BCUT2D eigenvalue weighted by Crippen LogP contribution is -2.29. The van der Waals surface area contributed by atoms with Crippen LogP contribution in [0.25, 0.3) is 0 Å². The molecule has 1 aromatic carbocycles. The van der Waals surface area contributed by atoms with Gasteiger partial charge in [-0.05, 0) is 24.5 Å². The quantitative estimate of drug-likeness (QED) is 0.639. The van der Waals surface area contributed by atoms with Crippen molar-refractivity contribution in [2.75, 3.05) is 6.61 Å². The molecule has 68 valence electrons. The van der Waals surface area contributed by atoms with Gasteiger partial charge < -0.3 is 14.8 Å². The highest BCUT2D eigenvalue weighted by Gasteiger charge is 2.09. The highest BCUT2D eigenvalue weighted by molar-refractivity contribution is 6.58. The number of ether oxygens (including phenoxy) is 1. The van der Waals surface area contributed by atoms with E-state index in [2.05, 4.69) is 0 Å². The van der Waals surface area contributed by atoms with Gasteiger partial charge in [0.05, 0.1) is 6.61 Å². The highest BCUT2D eigenvalue weighted by Crippen LogP contribution is 2.06. The van der Waals surface area contributed by atoms with Crippen molar-refractivity contribution in [2.24, 2.45) is 0 Å². The minimum Gasteiger partial charge on any atom is -0.494 e. The molecule has 1 rings (SSSR count). The summed E-state index contributed by atoms with van der Waals surface area (Å²) in [6.07, 6.45) is 0. The van der Waals surface area contributed by atoms with E-state index in [0.717, 1.165) is 5.75 Å². The average Bonchev–Trinajstić information content (AvgIpc) is 2.06. The van der Waals surface area contributed by atoms with Crippen molar-refractivity contribution < 1.29 is 17.6 Å². The molecule has 0 fully saturated rings. The van der Waals surface area contributed by atoms with E-state index in [9.17, 15) is 0 Å². The van der Waals surface area contributed by atoms with Gasteiger partial charge in [0.2, 0.25) is 0 Å². The molecule has 0 atom stereocenters. The minimum absolute atomic E-state index is 0. The first-order valence-corrected chi connectivity index (χ1v) is 3.83.